The van der Waals surface area contributed by atoms with Gasteiger partial charge < -0.3 is 5.32 Å². The number of nitro benzene ring substituents is 1. The van der Waals surface area contributed by atoms with Gasteiger partial charge in [0, 0.05) is 29.7 Å². The maximum absolute atomic E-state index is 10.9. The molecule has 2 aromatic carbocycles. The Bertz CT molecular complexity index is 631. The quantitative estimate of drug-likeness (QED) is 0.632. The Kier molecular flexibility index (Phi) is 5.31. The summed E-state index contributed by atoms with van der Waals surface area (Å²) in [5.74, 6) is 0. The molecule has 0 saturated heterocycles. The fourth-order valence-electron chi connectivity index (χ4n) is 2.23. The Morgan fingerprint density at radius 1 is 1.24 bits per heavy atom. The third kappa shape index (κ3) is 4.03. The van der Waals surface area contributed by atoms with Crippen molar-refractivity contribution in [2.24, 2.45) is 0 Å². The van der Waals surface area contributed by atoms with Gasteiger partial charge in [-0.15, -0.1) is 0 Å². The summed E-state index contributed by atoms with van der Waals surface area (Å²) in [4.78, 5) is 10.5. The van der Waals surface area contributed by atoms with Crippen LogP contribution in [-0.4, -0.2) is 4.92 Å². The minimum atomic E-state index is -0.371. The molecule has 0 heterocycles. The molecule has 0 aliphatic carbocycles. The molecule has 4 nitrogen and oxygen atoms in total. The number of hydrogen-bond acceptors (Lipinski definition) is 3. The lowest BCUT2D eigenvalue weighted by Crippen LogP contribution is -2.20. The van der Waals surface area contributed by atoms with Crippen LogP contribution in [0.15, 0.2) is 48.5 Å². The van der Waals surface area contributed by atoms with E-state index < -0.39 is 0 Å². The molecule has 5 heteroatoms. The van der Waals surface area contributed by atoms with Gasteiger partial charge in [0.25, 0.3) is 5.69 Å². The molecule has 1 atom stereocenters. The van der Waals surface area contributed by atoms with Crippen molar-refractivity contribution in [3.05, 3.63) is 74.8 Å². The van der Waals surface area contributed by atoms with Crippen molar-refractivity contribution >= 4 is 17.3 Å². The molecule has 0 saturated carbocycles. The summed E-state index contributed by atoms with van der Waals surface area (Å²) in [5, 5.41) is 15.0. The van der Waals surface area contributed by atoms with E-state index in [2.05, 4.69) is 5.32 Å². The number of rotatable bonds is 6. The Balaban J connectivity index is 2.11. The number of hydrogen-bond donors (Lipinski definition) is 1. The van der Waals surface area contributed by atoms with E-state index >= 15 is 0 Å². The van der Waals surface area contributed by atoms with Gasteiger partial charge in [0.1, 0.15) is 0 Å². The standard InChI is InChI=1S/C16H17ClN2O2/c1-2-16(12-7-5-8-14(10-12)19(20)21)18-11-13-6-3-4-9-15(13)17/h3-10,16,18H,2,11H2,1H3. The average molecular weight is 305 g/mol. The van der Waals surface area contributed by atoms with Crippen LogP contribution in [0.2, 0.25) is 5.02 Å². The molecule has 2 aromatic rings. The van der Waals surface area contributed by atoms with Crippen molar-refractivity contribution < 1.29 is 4.92 Å². The first-order chi connectivity index (χ1) is 10.1. The van der Waals surface area contributed by atoms with E-state index in [9.17, 15) is 10.1 Å². The third-order valence-corrected chi connectivity index (χ3v) is 3.76. The summed E-state index contributed by atoms with van der Waals surface area (Å²) in [6.45, 7) is 2.67. The Hall–Kier alpha value is -1.91. The molecule has 0 aliphatic rings. The highest BCUT2D eigenvalue weighted by Crippen LogP contribution is 2.23. The van der Waals surface area contributed by atoms with Crippen LogP contribution in [0.4, 0.5) is 5.69 Å². The zero-order chi connectivity index (χ0) is 15.2. The van der Waals surface area contributed by atoms with Crippen LogP contribution in [0.5, 0.6) is 0 Å². The molecule has 0 bridgehead atoms. The Morgan fingerprint density at radius 3 is 2.67 bits per heavy atom. The summed E-state index contributed by atoms with van der Waals surface area (Å²) in [6, 6.07) is 14.5. The maximum atomic E-state index is 10.9. The van der Waals surface area contributed by atoms with Gasteiger partial charge in [-0.2, -0.15) is 0 Å². The first-order valence-corrected chi connectivity index (χ1v) is 7.20. The number of nitro groups is 1. The predicted molar refractivity (Wildman–Crippen MR) is 84.4 cm³/mol. The minimum absolute atomic E-state index is 0.0566. The van der Waals surface area contributed by atoms with Crippen LogP contribution in [0, 0.1) is 10.1 Å². The second-order valence-electron chi connectivity index (χ2n) is 4.79. The highest BCUT2D eigenvalue weighted by atomic mass is 35.5. The predicted octanol–water partition coefficient (Wildman–Crippen LogP) is 4.49. The number of nitrogens with zero attached hydrogens (tertiary/aromatic N) is 1. The third-order valence-electron chi connectivity index (χ3n) is 3.39. The second-order valence-corrected chi connectivity index (χ2v) is 5.19. The van der Waals surface area contributed by atoms with Gasteiger partial charge in [0.05, 0.1) is 4.92 Å². The lowest BCUT2D eigenvalue weighted by Gasteiger charge is -2.18. The van der Waals surface area contributed by atoms with E-state index in [1.54, 1.807) is 12.1 Å². The van der Waals surface area contributed by atoms with E-state index in [4.69, 9.17) is 11.6 Å². The van der Waals surface area contributed by atoms with Crippen molar-refractivity contribution in [3.63, 3.8) is 0 Å². The van der Waals surface area contributed by atoms with E-state index in [-0.39, 0.29) is 16.7 Å². The summed E-state index contributed by atoms with van der Waals surface area (Å²) in [5.41, 5.74) is 2.05. The molecule has 1 N–H and O–H groups in total. The molecular formula is C16H17ClN2O2. The molecule has 0 fully saturated rings. The van der Waals surface area contributed by atoms with Crippen LogP contribution < -0.4 is 5.32 Å². The lowest BCUT2D eigenvalue weighted by molar-refractivity contribution is -0.384. The van der Waals surface area contributed by atoms with Crippen LogP contribution in [-0.2, 0) is 6.54 Å². The molecule has 0 aliphatic heterocycles. The van der Waals surface area contributed by atoms with Crippen LogP contribution in [0.1, 0.15) is 30.5 Å². The number of halogens is 1. The Labute approximate surface area is 128 Å². The fourth-order valence-corrected chi connectivity index (χ4v) is 2.43. The van der Waals surface area contributed by atoms with Crippen molar-refractivity contribution in [2.45, 2.75) is 25.9 Å². The lowest BCUT2D eigenvalue weighted by atomic mass is 10.0. The summed E-state index contributed by atoms with van der Waals surface area (Å²) in [6.07, 6.45) is 0.839. The van der Waals surface area contributed by atoms with Gasteiger partial charge in [-0.25, -0.2) is 0 Å². The first-order valence-electron chi connectivity index (χ1n) is 6.83. The number of benzene rings is 2. The SMILES string of the molecule is CCC(NCc1ccccc1Cl)c1cccc([N+](=O)[O-])c1. The van der Waals surface area contributed by atoms with Gasteiger partial charge >= 0.3 is 0 Å². The monoisotopic (exact) mass is 304 g/mol. The summed E-state index contributed by atoms with van der Waals surface area (Å²) < 4.78 is 0. The van der Waals surface area contributed by atoms with Gasteiger partial charge in [-0.1, -0.05) is 48.9 Å². The minimum Gasteiger partial charge on any atom is -0.306 e. The molecule has 1 unspecified atom stereocenters. The molecule has 110 valence electrons. The molecule has 0 spiro atoms. The highest BCUT2D eigenvalue weighted by Gasteiger charge is 2.13. The normalized spacial score (nSPS) is 12.1. The van der Waals surface area contributed by atoms with Gasteiger partial charge in [0.2, 0.25) is 0 Å². The van der Waals surface area contributed by atoms with E-state index in [1.807, 2.05) is 37.3 Å². The van der Waals surface area contributed by atoms with Crippen molar-refractivity contribution in [1.82, 2.24) is 5.32 Å². The van der Waals surface area contributed by atoms with Crippen molar-refractivity contribution in [1.29, 1.82) is 0 Å². The van der Waals surface area contributed by atoms with Crippen LogP contribution >= 0.6 is 11.6 Å². The molecule has 21 heavy (non-hydrogen) atoms. The van der Waals surface area contributed by atoms with Crippen LogP contribution in [0.3, 0.4) is 0 Å². The summed E-state index contributed by atoms with van der Waals surface area (Å²) in [7, 11) is 0. The number of non-ortho nitro benzene ring substituents is 1. The van der Waals surface area contributed by atoms with E-state index in [0.29, 0.717) is 6.54 Å². The maximum Gasteiger partial charge on any atom is 0.269 e. The van der Waals surface area contributed by atoms with Gasteiger partial charge in [-0.05, 0) is 23.6 Å². The topological polar surface area (TPSA) is 55.2 Å². The van der Waals surface area contributed by atoms with Crippen molar-refractivity contribution in [2.75, 3.05) is 0 Å². The largest absolute Gasteiger partial charge is 0.306 e. The zero-order valence-electron chi connectivity index (χ0n) is 11.8. The number of nitrogens with one attached hydrogen (secondary N) is 1. The van der Waals surface area contributed by atoms with E-state index in [0.717, 1.165) is 22.6 Å². The molecular weight excluding hydrogens is 288 g/mol. The van der Waals surface area contributed by atoms with Gasteiger partial charge in [-0.3, -0.25) is 10.1 Å². The van der Waals surface area contributed by atoms with Gasteiger partial charge in [0.15, 0.2) is 0 Å². The highest BCUT2D eigenvalue weighted by molar-refractivity contribution is 6.31. The Morgan fingerprint density at radius 2 is 2.00 bits per heavy atom. The molecule has 2 rings (SSSR count). The van der Waals surface area contributed by atoms with E-state index in [1.165, 1.54) is 6.07 Å². The molecule has 0 radical (unpaired) electrons. The smallest absolute Gasteiger partial charge is 0.269 e. The zero-order valence-corrected chi connectivity index (χ0v) is 12.5. The molecule has 0 aromatic heterocycles. The summed E-state index contributed by atoms with van der Waals surface area (Å²) >= 11 is 6.13. The average Bonchev–Trinajstić information content (AvgIpc) is 2.50. The molecule has 0 amide bonds. The van der Waals surface area contributed by atoms with Crippen molar-refractivity contribution in [3.8, 4) is 0 Å². The second kappa shape index (κ2) is 7.20. The fraction of sp³-hybridized carbons (Fsp3) is 0.250. The van der Waals surface area contributed by atoms with Crippen LogP contribution in [0.25, 0.3) is 0 Å². The first kappa shape index (κ1) is 15.5.